The summed E-state index contributed by atoms with van der Waals surface area (Å²) in [6, 6.07) is 15.5. The van der Waals surface area contributed by atoms with Crippen LogP contribution in [0.3, 0.4) is 0 Å². The summed E-state index contributed by atoms with van der Waals surface area (Å²) in [6.45, 7) is 1.62. The minimum absolute atomic E-state index is 0.217. The molecule has 0 bridgehead atoms. The first-order valence-corrected chi connectivity index (χ1v) is 10.5. The lowest BCUT2D eigenvalue weighted by Crippen LogP contribution is -2.45. The van der Waals surface area contributed by atoms with E-state index in [1.807, 2.05) is 0 Å². The smallest absolute Gasteiger partial charge is 0.490 e. The molecule has 0 aliphatic carbocycles. The Morgan fingerprint density at radius 2 is 1.73 bits per heavy atom. The number of alkyl halides is 3. The Morgan fingerprint density at radius 3 is 2.37 bits per heavy atom. The lowest BCUT2D eigenvalue weighted by atomic mass is 10.0. The van der Waals surface area contributed by atoms with E-state index in [1.165, 1.54) is 0 Å². The summed E-state index contributed by atoms with van der Waals surface area (Å²) in [5.74, 6) is 0.809. The standard InChI is InChI=1S/C20H20F3NO5S/c1-2-27-16-10-6-7-11-17(16)29-19(15-8-4-3-5-9-15)18-14-24(12-13-28-18)30(25,26)20(21,22)23/h3-13,18-19H,2,14H2,1H3/t18-,19-/m0/s1. The average Bonchev–Trinajstić information content (AvgIpc) is 2.73. The van der Waals surface area contributed by atoms with E-state index in [4.69, 9.17) is 14.2 Å². The lowest BCUT2D eigenvalue weighted by molar-refractivity contribution is -0.0514. The maximum Gasteiger partial charge on any atom is 0.516 e. The summed E-state index contributed by atoms with van der Waals surface area (Å²) in [7, 11) is -5.55. The van der Waals surface area contributed by atoms with Gasteiger partial charge in [0.05, 0.1) is 19.4 Å². The highest BCUT2D eigenvalue weighted by molar-refractivity contribution is 7.90. The molecule has 2 atom stereocenters. The molecule has 0 saturated carbocycles. The molecule has 0 spiro atoms. The number of ether oxygens (including phenoxy) is 3. The molecule has 1 aliphatic heterocycles. The molecule has 3 rings (SSSR count). The van der Waals surface area contributed by atoms with Gasteiger partial charge in [-0.3, -0.25) is 4.31 Å². The molecule has 0 radical (unpaired) electrons. The van der Waals surface area contributed by atoms with Gasteiger partial charge in [-0.2, -0.15) is 21.6 Å². The van der Waals surface area contributed by atoms with Crippen molar-refractivity contribution in [2.45, 2.75) is 24.6 Å². The molecule has 0 N–H and O–H groups in total. The van der Waals surface area contributed by atoms with E-state index in [0.29, 0.717) is 23.7 Å². The van der Waals surface area contributed by atoms with Crippen LogP contribution in [0.1, 0.15) is 18.6 Å². The number of hydrogen-bond acceptors (Lipinski definition) is 5. The second kappa shape index (κ2) is 8.86. The molecule has 0 unspecified atom stereocenters. The third-order valence-corrected chi connectivity index (χ3v) is 5.78. The number of rotatable bonds is 7. The van der Waals surface area contributed by atoms with Gasteiger partial charge in [0.25, 0.3) is 0 Å². The number of nitrogens with zero attached hydrogens (tertiary/aromatic N) is 1. The van der Waals surface area contributed by atoms with E-state index in [9.17, 15) is 21.6 Å². The maximum absolute atomic E-state index is 13.0. The zero-order valence-corrected chi connectivity index (χ0v) is 16.8. The Balaban J connectivity index is 1.94. The average molecular weight is 443 g/mol. The van der Waals surface area contributed by atoms with E-state index < -0.39 is 34.3 Å². The van der Waals surface area contributed by atoms with Crippen LogP contribution in [0.4, 0.5) is 13.2 Å². The number of hydrogen-bond donors (Lipinski definition) is 0. The summed E-state index contributed by atoms with van der Waals surface area (Å²) in [4.78, 5) is 0. The van der Waals surface area contributed by atoms with E-state index in [-0.39, 0.29) is 4.31 Å². The number of para-hydroxylation sites is 2. The maximum atomic E-state index is 13.0. The molecule has 30 heavy (non-hydrogen) atoms. The van der Waals surface area contributed by atoms with E-state index in [0.717, 1.165) is 12.5 Å². The van der Waals surface area contributed by atoms with Crippen LogP contribution < -0.4 is 9.47 Å². The second-order valence-electron chi connectivity index (χ2n) is 6.31. The number of sulfonamides is 1. The number of benzene rings is 2. The molecule has 2 aromatic carbocycles. The molecule has 0 fully saturated rings. The van der Waals surface area contributed by atoms with E-state index >= 15 is 0 Å². The van der Waals surface area contributed by atoms with Crippen molar-refractivity contribution in [2.24, 2.45) is 0 Å². The van der Waals surface area contributed by atoms with Gasteiger partial charge in [0.1, 0.15) is 6.26 Å². The molecule has 0 aromatic heterocycles. The first kappa shape index (κ1) is 21.8. The fourth-order valence-electron chi connectivity index (χ4n) is 2.92. The van der Waals surface area contributed by atoms with Crippen LogP contribution in [0, 0.1) is 0 Å². The highest BCUT2D eigenvalue weighted by atomic mass is 32.2. The van der Waals surface area contributed by atoms with Gasteiger partial charge in [0.2, 0.25) is 0 Å². The summed E-state index contributed by atoms with van der Waals surface area (Å²) < 4.78 is 80.0. The zero-order chi connectivity index (χ0) is 21.8. The predicted octanol–water partition coefficient (Wildman–Crippen LogP) is 4.23. The second-order valence-corrected chi connectivity index (χ2v) is 8.19. The van der Waals surface area contributed by atoms with Gasteiger partial charge in [-0.25, -0.2) is 0 Å². The molecule has 6 nitrogen and oxygen atoms in total. The van der Waals surface area contributed by atoms with Crippen LogP contribution in [-0.2, 0) is 14.8 Å². The number of halogens is 3. The Bertz CT molecular complexity index is 979. The third-order valence-electron chi connectivity index (χ3n) is 4.31. The van der Waals surface area contributed by atoms with Crippen molar-refractivity contribution < 1.29 is 35.8 Å². The van der Waals surface area contributed by atoms with Crippen molar-refractivity contribution in [2.75, 3.05) is 13.2 Å². The molecule has 1 heterocycles. The highest BCUT2D eigenvalue weighted by Gasteiger charge is 2.51. The van der Waals surface area contributed by atoms with Crippen molar-refractivity contribution in [1.82, 2.24) is 4.31 Å². The van der Waals surface area contributed by atoms with Crippen molar-refractivity contribution >= 4 is 10.0 Å². The highest BCUT2D eigenvalue weighted by Crippen LogP contribution is 2.36. The molecule has 1 aliphatic rings. The summed E-state index contributed by atoms with van der Waals surface area (Å²) in [5.41, 5.74) is -4.82. The molecule has 0 amide bonds. The molecule has 162 valence electrons. The van der Waals surface area contributed by atoms with Gasteiger partial charge in [-0.1, -0.05) is 42.5 Å². The van der Waals surface area contributed by atoms with Gasteiger partial charge in [-0.15, -0.1) is 0 Å². The minimum atomic E-state index is -5.55. The Kier molecular flexibility index (Phi) is 6.45. The van der Waals surface area contributed by atoms with Crippen molar-refractivity contribution in [3.8, 4) is 11.5 Å². The predicted molar refractivity (Wildman–Crippen MR) is 103 cm³/mol. The van der Waals surface area contributed by atoms with Gasteiger partial charge in [0.15, 0.2) is 23.7 Å². The summed E-state index contributed by atoms with van der Waals surface area (Å²) in [6.07, 6.45) is -0.270. The Hall–Kier alpha value is -2.88. The van der Waals surface area contributed by atoms with Gasteiger partial charge in [-0.05, 0) is 24.6 Å². The third kappa shape index (κ3) is 4.64. The van der Waals surface area contributed by atoms with Crippen molar-refractivity contribution in [1.29, 1.82) is 0 Å². The van der Waals surface area contributed by atoms with Gasteiger partial charge >= 0.3 is 15.5 Å². The van der Waals surface area contributed by atoms with Crippen LogP contribution in [0.5, 0.6) is 11.5 Å². The fourth-order valence-corrected chi connectivity index (χ4v) is 3.74. The Labute approximate surface area is 172 Å². The first-order valence-electron chi connectivity index (χ1n) is 9.07. The first-order chi connectivity index (χ1) is 14.2. The van der Waals surface area contributed by atoms with Crippen LogP contribution in [0.15, 0.2) is 67.1 Å². The minimum Gasteiger partial charge on any atom is -0.490 e. The largest absolute Gasteiger partial charge is 0.516 e. The molecule has 0 saturated heterocycles. The van der Waals surface area contributed by atoms with Crippen LogP contribution in [0.25, 0.3) is 0 Å². The summed E-state index contributed by atoms with van der Waals surface area (Å²) in [5, 5.41) is 0. The quantitative estimate of drug-likeness (QED) is 0.641. The summed E-state index contributed by atoms with van der Waals surface area (Å²) >= 11 is 0. The van der Waals surface area contributed by atoms with Crippen molar-refractivity contribution in [3.05, 3.63) is 72.6 Å². The van der Waals surface area contributed by atoms with Crippen LogP contribution in [-0.4, -0.2) is 37.5 Å². The van der Waals surface area contributed by atoms with Gasteiger partial charge < -0.3 is 14.2 Å². The normalized spacial score (nSPS) is 17.9. The molecular weight excluding hydrogens is 423 g/mol. The SMILES string of the molecule is CCOc1ccccc1O[C@@H](c1ccccc1)[C@@H]1CN(S(=O)(=O)C(F)(F)F)C=CO1. The Morgan fingerprint density at radius 1 is 1.10 bits per heavy atom. The van der Waals surface area contributed by atoms with E-state index in [2.05, 4.69) is 0 Å². The van der Waals surface area contributed by atoms with Gasteiger partial charge in [0, 0.05) is 0 Å². The van der Waals surface area contributed by atoms with Crippen LogP contribution >= 0.6 is 0 Å². The lowest BCUT2D eigenvalue weighted by Gasteiger charge is -2.34. The van der Waals surface area contributed by atoms with Crippen molar-refractivity contribution in [3.63, 3.8) is 0 Å². The zero-order valence-electron chi connectivity index (χ0n) is 16.0. The molecule has 2 aromatic rings. The monoisotopic (exact) mass is 443 g/mol. The topological polar surface area (TPSA) is 65.1 Å². The van der Waals surface area contributed by atoms with E-state index in [1.54, 1.807) is 61.5 Å². The molecule has 10 heteroatoms. The van der Waals surface area contributed by atoms with Crippen LogP contribution in [0.2, 0.25) is 0 Å². The fraction of sp³-hybridized carbons (Fsp3) is 0.300. The molecular formula is C20H20F3NO5S.